The number of methoxy groups -OCH3 is 1. The lowest BCUT2D eigenvalue weighted by Gasteiger charge is -2.30. The topological polar surface area (TPSA) is 72.3 Å². The molecule has 0 saturated heterocycles. The first-order chi connectivity index (χ1) is 16.5. The fraction of sp³-hybridized carbons (Fsp3) is 0.423. The summed E-state index contributed by atoms with van der Waals surface area (Å²) in [5.41, 5.74) is 3.34. The van der Waals surface area contributed by atoms with Crippen LogP contribution in [0.2, 0.25) is 0 Å². The van der Waals surface area contributed by atoms with E-state index in [2.05, 4.69) is 70.9 Å². The smallest absolute Gasteiger partial charge is 0.230 e. The lowest BCUT2D eigenvalue weighted by Crippen LogP contribution is -2.38. The molecule has 182 valence electrons. The fourth-order valence-corrected chi connectivity index (χ4v) is 4.87. The predicted octanol–water partition coefficient (Wildman–Crippen LogP) is 4.57. The normalized spacial score (nSPS) is 12.1. The Bertz CT molecular complexity index is 1080. The fourth-order valence-electron chi connectivity index (χ4n) is 4.04. The van der Waals surface area contributed by atoms with Crippen LogP contribution in [0.1, 0.15) is 37.9 Å². The number of carbonyl (C=O) groups excluding carboxylic acids is 1. The summed E-state index contributed by atoms with van der Waals surface area (Å²) in [7, 11) is 1.67. The Balaban J connectivity index is 1.65. The molecule has 0 bridgehead atoms. The van der Waals surface area contributed by atoms with E-state index >= 15 is 0 Å². The second-order valence-electron chi connectivity index (χ2n) is 8.03. The molecule has 0 spiro atoms. The number of benzene rings is 2. The minimum absolute atomic E-state index is 0.0205. The molecular formula is C26H35N5O2S. The van der Waals surface area contributed by atoms with Crippen LogP contribution in [0.25, 0.3) is 11.4 Å². The first-order valence-corrected chi connectivity index (χ1v) is 12.8. The molecule has 3 aromatic rings. The van der Waals surface area contributed by atoms with Crippen LogP contribution in [0.15, 0.2) is 53.7 Å². The van der Waals surface area contributed by atoms with Crippen molar-refractivity contribution >= 4 is 17.7 Å². The standard InChI is InChI=1S/C26H35N5O2S/c1-6-30(7-2)23(20-12-10-14-22(16-20)33-5)17-27-24(32)18-34-26-29-28-25(31(26)8-3)21-13-9-11-19(4)15-21/h9-16,23H,6-8,17-18H2,1-5H3,(H,27,32). The predicted molar refractivity (Wildman–Crippen MR) is 138 cm³/mol. The van der Waals surface area contributed by atoms with Crippen molar-refractivity contribution < 1.29 is 9.53 Å². The summed E-state index contributed by atoms with van der Waals surface area (Å²) in [6.07, 6.45) is 0. The molecule has 0 aliphatic carbocycles. The van der Waals surface area contributed by atoms with Gasteiger partial charge in [-0.2, -0.15) is 0 Å². The first-order valence-electron chi connectivity index (χ1n) is 11.8. The minimum atomic E-state index is -0.0205. The Morgan fingerprint density at radius 2 is 1.88 bits per heavy atom. The van der Waals surface area contributed by atoms with E-state index < -0.39 is 0 Å². The highest BCUT2D eigenvalue weighted by Crippen LogP contribution is 2.26. The van der Waals surface area contributed by atoms with Gasteiger partial charge in [0.2, 0.25) is 5.91 Å². The maximum Gasteiger partial charge on any atom is 0.230 e. The summed E-state index contributed by atoms with van der Waals surface area (Å²) in [5.74, 6) is 1.91. The zero-order valence-electron chi connectivity index (χ0n) is 20.7. The number of amides is 1. The summed E-state index contributed by atoms with van der Waals surface area (Å²) < 4.78 is 7.46. The van der Waals surface area contributed by atoms with Gasteiger partial charge in [-0.05, 0) is 50.7 Å². The molecule has 0 aliphatic heterocycles. The lowest BCUT2D eigenvalue weighted by atomic mass is 10.0. The van der Waals surface area contributed by atoms with Crippen molar-refractivity contribution in [3.8, 4) is 17.1 Å². The van der Waals surface area contributed by atoms with Crippen LogP contribution in [-0.2, 0) is 11.3 Å². The summed E-state index contributed by atoms with van der Waals surface area (Å²) >= 11 is 1.42. The van der Waals surface area contributed by atoms with E-state index in [1.54, 1.807) is 7.11 Å². The van der Waals surface area contributed by atoms with Crippen molar-refractivity contribution in [3.63, 3.8) is 0 Å². The Hall–Kier alpha value is -2.84. The number of nitrogens with zero attached hydrogens (tertiary/aromatic N) is 4. The number of nitrogens with one attached hydrogen (secondary N) is 1. The molecule has 3 rings (SSSR count). The molecule has 1 heterocycles. The summed E-state index contributed by atoms with van der Waals surface area (Å²) in [6, 6.07) is 16.4. The number of rotatable bonds is 12. The molecule has 1 amide bonds. The number of likely N-dealkylation sites (N-methyl/N-ethyl adjacent to an activating group) is 1. The molecule has 0 radical (unpaired) electrons. The van der Waals surface area contributed by atoms with E-state index in [0.717, 1.165) is 47.5 Å². The van der Waals surface area contributed by atoms with Crippen LogP contribution in [0, 0.1) is 6.92 Å². The molecule has 1 N–H and O–H groups in total. The molecule has 0 aliphatic rings. The highest BCUT2D eigenvalue weighted by atomic mass is 32.2. The lowest BCUT2D eigenvalue weighted by molar-refractivity contribution is -0.118. The monoisotopic (exact) mass is 481 g/mol. The Labute approximate surface area is 206 Å². The van der Waals surface area contributed by atoms with Crippen LogP contribution in [0.5, 0.6) is 5.75 Å². The largest absolute Gasteiger partial charge is 0.497 e. The van der Waals surface area contributed by atoms with Crippen LogP contribution in [0.3, 0.4) is 0 Å². The number of thioether (sulfide) groups is 1. The van der Waals surface area contributed by atoms with Crippen molar-refractivity contribution in [2.24, 2.45) is 0 Å². The number of carbonyl (C=O) groups is 1. The van der Waals surface area contributed by atoms with E-state index in [4.69, 9.17) is 4.74 Å². The quantitative estimate of drug-likeness (QED) is 0.382. The first kappa shape index (κ1) is 25.8. The minimum Gasteiger partial charge on any atom is -0.497 e. The van der Waals surface area contributed by atoms with Crippen LogP contribution in [0.4, 0.5) is 0 Å². The number of aromatic nitrogens is 3. The average Bonchev–Trinajstić information content (AvgIpc) is 3.28. The summed E-state index contributed by atoms with van der Waals surface area (Å²) in [6.45, 7) is 11.5. The number of ether oxygens (including phenoxy) is 1. The van der Waals surface area contributed by atoms with Gasteiger partial charge in [-0.1, -0.05) is 61.5 Å². The SMILES string of the molecule is CCN(CC)C(CNC(=O)CSc1nnc(-c2cccc(C)c2)n1CC)c1cccc(OC)c1. The van der Waals surface area contributed by atoms with Gasteiger partial charge in [0.15, 0.2) is 11.0 Å². The molecule has 2 aromatic carbocycles. The molecule has 1 unspecified atom stereocenters. The number of hydrogen-bond donors (Lipinski definition) is 1. The molecule has 7 nitrogen and oxygen atoms in total. The molecule has 34 heavy (non-hydrogen) atoms. The van der Waals surface area contributed by atoms with E-state index in [1.807, 2.05) is 30.3 Å². The van der Waals surface area contributed by atoms with Gasteiger partial charge in [0.05, 0.1) is 18.9 Å². The van der Waals surface area contributed by atoms with Gasteiger partial charge in [0, 0.05) is 18.7 Å². The van der Waals surface area contributed by atoms with Crippen LogP contribution >= 0.6 is 11.8 Å². The Kier molecular flexibility index (Phi) is 9.53. The average molecular weight is 482 g/mol. The third-order valence-electron chi connectivity index (χ3n) is 5.87. The van der Waals surface area contributed by atoms with E-state index in [-0.39, 0.29) is 17.7 Å². The van der Waals surface area contributed by atoms with E-state index in [1.165, 1.54) is 17.3 Å². The van der Waals surface area contributed by atoms with Gasteiger partial charge in [-0.3, -0.25) is 9.69 Å². The van der Waals surface area contributed by atoms with Gasteiger partial charge in [-0.25, -0.2) is 0 Å². The summed E-state index contributed by atoms with van der Waals surface area (Å²) in [4.78, 5) is 15.1. The van der Waals surface area contributed by atoms with Crippen LogP contribution in [-0.4, -0.2) is 58.1 Å². The Morgan fingerprint density at radius 1 is 1.12 bits per heavy atom. The van der Waals surface area contributed by atoms with Crippen molar-refractivity contribution in [1.82, 2.24) is 25.0 Å². The zero-order valence-corrected chi connectivity index (χ0v) is 21.6. The van der Waals surface area contributed by atoms with Gasteiger partial charge in [0.1, 0.15) is 5.75 Å². The van der Waals surface area contributed by atoms with Crippen molar-refractivity contribution in [1.29, 1.82) is 0 Å². The maximum absolute atomic E-state index is 12.8. The zero-order chi connectivity index (χ0) is 24.5. The van der Waals surface area contributed by atoms with Crippen LogP contribution < -0.4 is 10.1 Å². The summed E-state index contributed by atoms with van der Waals surface area (Å²) in [5, 5.41) is 12.6. The van der Waals surface area contributed by atoms with Gasteiger partial charge >= 0.3 is 0 Å². The molecule has 0 saturated carbocycles. The number of hydrogen-bond acceptors (Lipinski definition) is 6. The molecule has 1 aromatic heterocycles. The van der Waals surface area contributed by atoms with E-state index in [0.29, 0.717) is 6.54 Å². The highest BCUT2D eigenvalue weighted by Gasteiger charge is 2.20. The van der Waals surface area contributed by atoms with Gasteiger partial charge < -0.3 is 14.6 Å². The molecule has 0 fully saturated rings. The Morgan fingerprint density at radius 3 is 2.56 bits per heavy atom. The van der Waals surface area contributed by atoms with Gasteiger partial charge in [0.25, 0.3) is 0 Å². The second-order valence-corrected chi connectivity index (χ2v) is 8.97. The molecule has 8 heteroatoms. The third kappa shape index (κ3) is 6.39. The van der Waals surface area contributed by atoms with Crippen molar-refractivity contribution in [3.05, 3.63) is 59.7 Å². The van der Waals surface area contributed by atoms with Crippen molar-refractivity contribution in [2.45, 2.75) is 45.4 Å². The molecule has 1 atom stereocenters. The molecular weight excluding hydrogens is 446 g/mol. The highest BCUT2D eigenvalue weighted by molar-refractivity contribution is 7.99. The maximum atomic E-state index is 12.8. The third-order valence-corrected chi connectivity index (χ3v) is 6.83. The van der Waals surface area contributed by atoms with E-state index in [9.17, 15) is 4.79 Å². The van der Waals surface area contributed by atoms with Crippen molar-refractivity contribution in [2.75, 3.05) is 32.5 Å². The van der Waals surface area contributed by atoms with Gasteiger partial charge in [-0.15, -0.1) is 10.2 Å². The number of aryl methyl sites for hydroxylation is 1. The second kappa shape index (κ2) is 12.6.